The fourth-order valence-electron chi connectivity index (χ4n) is 1.85. The van der Waals surface area contributed by atoms with E-state index in [1.807, 2.05) is 24.3 Å². The normalized spacial score (nSPS) is 19.6. The summed E-state index contributed by atoms with van der Waals surface area (Å²) in [6, 6.07) is 7.85. The Morgan fingerprint density at radius 1 is 1.38 bits per heavy atom. The van der Waals surface area contributed by atoms with E-state index in [1.165, 1.54) is 0 Å². The Bertz CT molecular complexity index is 364. The molecule has 0 aliphatic carbocycles. The van der Waals surface area contributed by atoms with E-state index in [9.17, 15) is 4.39 Å². The highest BCUT2D eigenvalue weighted by Crippen LogP contribution is 2.25. The molecule has 1 aromatic rings. The second kappa shape index (κ2) is 4.96. The Labute approximate surface area is 94.1 Å². The Morgan fingerprint density at radius 2 is 2.12 bits per heavy atom. The molecule has 1 aliphatic heterocycles. The maximum atomic E-state index is 11.9. The van der Waals surface area contributed by atoms with Gasteiger partial charge in [-0.05, 0) is 24.1 Å². The molecule has 2 N–H and O–H groups in total. The van der Waals surface area contributed by atoms with Gasteiger partial charge in [0.2, 0.25) is 0 Å². The average Bonchev–Trinajstić information content (AvgIpc) is 2.74. The molecule has 4 heteroatoms. The van der Waals surface area contributed by atoms with Gasteiger partial charge in [0, 0.05) is 6.42 Å². The molecule has 1 saturated heterocycles. The summed E-state index contributed by atoms with van der Waals surface area (Å²) in [4.78, 5) is 0. The van der Waals surface area contributed by atoms with Crippen molar-refractivity contribution < 1.29 is 9.13 Å². The third kappa shape index (κ3) is 2.51. The fourth-order valence-corrected chi connectivity index (χ4v) is 1.85. The van der Waals surface area contributed by atoms with Crippen LogP contribution in [0.3, 0.4) is 0 Å². The van der Waals surface area contributed by atoms with Crippen LogP contribution in [0.25, 0.3) is 0 Å². The lowest BCUT2D eigenvalue weighted by Gasteiger charge is -2.11. The summed E-state index contributed by atoms with van der Waals surface area (Å²) in [5.41, 5.74) is 1.15. The van der Waals surface area contributed by atoms with Gasteiger partial charge < -0.3 is 10.1 Å². The molecule has 86 valence electrons. The van der Waals surface area contributed by atoms with E-state index in [2.05, 4.69) is 5.32 Å². The molecule has 1 aromatic carbocycles. The first-order chi connectivity index (χ1) is 7.79. The largest absolute Gasteiger partial charge is 0.491 e. The van der Waals surface area contributed by atoms with Gasteiger partial charge >= 0.3 is 0 Å². The quantitative estimate of drug-likeness (QED) is 0.821. The van der Waals surface area contributed by atoms with Crippen LogP contribution < -0.4 is 10.1 Å². The van der Waals surface area contributed by atoms with Gasteiger partial charge in [0.25, 0.3) is 0 Å². The number of hydrogen-bond acceptors (Lipinski definition) is 2. The van der Waals surface area contributed by atoms with Crippen LogP contribution in [-0.4, -0.2) is 19.1 Å². The van der Waals surface area contributed by atoms with Crippen LogP contribution in [0.2, 0.25) is 0 Å². The molecule has 1 atom stereocenters. The minimum atomic E-state index is -0.469. The van der Waals surface area contributed by atoms with E-state index in [1.54, 1.807) is 0 Å². The van der Waals surface area contributed by atoms with Gasteiger partial charge in [0.15, 0.2) is 0 Å². The lowest BCUT2D eigenvalue weighted by Crippen LogP contribution is -2.17. The minimum Gasteiger partial charge on any atom is -0.491 e. The number of hydrogen-bond donors (Lipinski definition) is 2. The molecule has 3 nitrogen and oxygen atoms in total. The van der Waals surface area contributed by atoms with Crippen LogP contribution in [0.5, 0.6) is 5.75 Å². The number of ether oxygens (including phenoxy) is 1. The molecule has 1 heterocycles. The maximum Gasteiger partial charge on any atom is 0.123 e. The summed E-state index contributed by atoms with van der Waals surface area (Å²) in [5.74, 6) is 1.29. The van der Waals surface area contributed by atoms with Crippen molar-refractivity contribution in [3.8, 4) is 5.75 Å². The maximum absolute atomic E-state index is 11.9. The third-order valence-corrected chi connectivity index (χ3v) is 2.66. The average molecular weight is 222 g/mol. The summed E-state index contributed by atoms with van der Waals surface area (Å²) >= 11 is 0. The molecule has 1 unspecified atom stereocenters. The van der Waals surface area contributed by atoms with E-state index in [0.29, 0.717) is 11.6 Å². The van der Waals surface area contributed by atoms with Crippen molar-refractivity contribution in [1.29, 1.82) is 5.41 Å². The van der Waals surface area contributed by atoms with Gasteiger partial charge in [0.05, 0.1) is 11.9 Å². The monoisotopic (exact) mass is 222 g/mol. The number of benzene rings is 1. The van der Waals surface area contributed by atoms with Crippen LogP contribution in [0.4, 0.5) is 4.39 Å². The molecule has 0 radical (unpaired) electrons. The summed E-state index contributed by atoms with van der Waals surface area (Å²) in [6.07, 6.45) is 1.77. The van der Waals surface area contributed by atoms with Crippen molar-refractivity contribution in [2.24, 2.45) is 0 Å². The molecule has 1 fully saturated rings. The van der Waals surface area contributed by atoms with Gasteiger partial charge in [0.1, 0.15) is 19.0 Å². The summed E-state index contributed by atoms with van der Waals surface area (Å²) < 4.78 is 17.0. The number of halogens is 1. The van der Waals surface area contributed by atoms with Gasteiger partial charge in [-0.25, -0.2) is 4.39 Å². The number of rotatable bonds is 4. The molecule has 0 amide bonds. The van der Waals surface area contributed by atoms with E-state index in [4.69, 9.17) is 10.1 Å². The van der Waals surface area contributed by atoms with Crippen molar-refractivity contribution in [2.45, 2.75) is 18.9 Å². The Balaban J connectivity index is 1.99. The highest BCUT2D eigenvalue weighted by Gasteiger charge is 2.19. The zero-order chi connectivity index (χ0) is 11.4. The zero-order valence-corrected chi connectivity index (χ0v) is 9.00. The van der Waals surface area contributed by atoms with Crippen molar-refractivity contribution in [1.82, 2.24) is 5.32 Å². The smallest absolute Gasteiger partial charge is 0.123 e. The van der Waals surface area contributed by atoms with Gasteiger partial charge in [-0.3, -0.25) is 5.41 Å². The van der Waals surface area contributed by atoms with Crippen LogP contribution >= 0.6 is 0 Å². The number of amidine groups is 1. The predicted octanol–water partition coefficient (Wildman–Crippen LogP) is 2.44. The molecule has 16 heavy (non-hydrogen) atoms. The van der Waals surface area contributed by atoms with Crippen molar-refractivity contribution in [3.63, 3.8) is 0 Å². The second-order valence-electron chi connectivity index (χ2n) is 3.82. The molecule has 1 aliphatic rings. The second-order valence-corrected chi connectivity index (χ2v) is 3.82. The topological polar surface area (TPSA) is 45.1 Å². The summed E-state index contributed by atoms with van der Waals surface area (Å²) in [5, 5.41) is 10.6. The van der Waals surface area contributed by atoms with E-state index >= 15 is 0 Å². The highest BCUT2D eigenvalue weighted by molar-refractivity contribution is 5.81. The van der Waals surface area contributed by atoms with Crippen LogP contribution in [-0.2, 0) is 0 Å². The van der Waals surface area contributed by atoms with Crippen molar-refractivity contribution in [2.75, 3.05) is 13.3 Å². The lowest BCUT2D eigenvalue weighted by atomic mass is 10.1. The highest BCUT2D eigenvalue weighted by atomic mass is 19.1. The Morgan fingerprint density at radius 3 is 2.69 bits per heavy atom. The first kappa shape index (κ1) is 10.9. The van der Waals surface area contributed by atoms with E-state index in [-0.39, 0.29) is 12.6 Å². The van der Waals surface area contributed by atoms with Crippen LogP contribution in [0, 0.1) is 5.41 Å². The molecule has 0 bridgehead atoms. The molecule has 0 aromatic heterocycles. The van der Waals surface area contributed by atoms with Gasteiger partial charge in [-0.1, -0.05) is 12.1 Å². The molecular formula is C12H15FN2O. The Hall–Kier alpha value is -1.58. The predicted molar refractivity (Wildman–Crippen MR) is 60.7 cm³/mol. The zero-order valence-electron chi connectivity index (χ0n) is 9.00. The van der Waals surface area contributed by atoms with Crippen molar-refractivity contribution in [3.05, 3.63) is 29.8 Å². The molecular weight excluding hydrogens is 207 g/mol. The Kier molecular flexibility index (Phi) is 3.39. The minimum absolute atomic E-state index is 0.103. The van der Waals surface area contributed by atoms with Gasteiger partial charge in [-0.2, -0.15) is 0 Å². The summed E-state index contributed by atoms with van der Waals surface area (Å²) in [6.45, 7) is -0.366. The van der Waals surface area contributed by atoms with Crippen molar-refractivity contribution >= 4 is 5.84 Å². The standard InChI is InChI=1S/C12H15FN2O/c13-7-8-16-10-3-1-9(2-4-10)11-5-6-12(14)15-11/h1-4,11H,5-8H2,(H2,14,15). The molecule has 0 saturated carbocycles. The van der Waals surface area contributed by atoms with E-state index < -0.39 is 6.67 Å². The SMILES string of the molecule is N=C1CCC(c2ccc(OCCF)cc2)N1. The molecule has 0 spiro atoms. The fraction of sp³-hybridized carbons (Fsp3) is 0.417. The first-order valence-corrected chi connectivity index (χ1v) is 5.42. The molecule has 2 rings (SSSR count). The lowest BCUT2D eigenvalue weighted by molar-refractivity contribution is 0.273. The summed E-state index contributed by atoms with van der Waals surface area (Å²) in [7, 11) is 0. The van der Waals surface area contributed by atoms with Crippen LogP contribution in [0.15, 0.2) is 24.3 Å². The van der Waals surface area contributed by atoms with Gasteiger partial charge in [-0.15, -0.1) is 0 Å². The third-order valence-electron chi connectivity index (χ3n) is 2.66. The number of nitrogens with one attached hydrogen (secondary N) is 2. The van der Waals surface area contributed by atoms with E-state index in [0.717, 1.165) is 18.4 Å². The first-order valence-electron chi connectivity index (χ1n) is 5.42. The van der Waals surface area contributed by atoms with Crippen LogP contribution in [0.1, 0.15) is 24.4 Å². The number of alkyl halides is 1.